The standard InChI is InChI=1S/C18H19N5O2S/c1-11-3-4-14(8-16(11)13-9-21-18(20)22-10-13)23-26(24,25)15-5-6-17(19)12(2)7-15/h3-10,23H,19H2,1-2H3,(H2,20,21,22). The number of anilines is 3. The van der Waals surface area contributed by atoms with Gasteiger partial charge in [-0.1, -0.05) is 6.07 Å². The average Bonchev–Trinajstić information content (AvgIpc) is 2.59. The van der Waals surface area contributed by atoms with E-state index in [4.69, 9.17) is 11.5 Å². The van der Waals surface area contributed by atoms with E-state index in [0.29, 0.717) is 16.9 Å². The SMILES string of the molecule is Cc1cc(S(=O)(=O)Nc2ccc(C)c(-c3cnc(N)nc3)c2)ccc1N. The van der Waals surface area contributed by atoms with Crippen molar-refractivity contribution in [2.45, 2.75) is 18.7 Å². The van der Waals surface area contributed by atoms with Crippen LogP contribution in [-0.4, -0.2) is 18.4 Å². The van der Waals surface area contributed by atoms with Crippen LogP contribution < -0.4 is 16.2 Å². The number of rotatable bonds is 4. The van der Waals surface area contributed by atoms with E-state index in [1.54, 1.807) is 43.6 Å². The molecule has 0 radical (unpaired) electrons. The Kier molecular flexibility index (Phi) is 4.52. The van der Waals surface area contributed by atoms with E-state index < -0.39 is 10.0 Å². The summed E-state index contributed by atoms with van der Waals surface area (Å²) in [6, 6.07) is 9.88. The molecule has 0 amide bonds. The highest BCUT2D eigenvalue weighted by molar-refractivity contribution is 7.92. The summed E-state index contributed by atoms with van der Waals surface area (Å²) in [5.41, 5.74) is 15.5. The highest BCUT2D eigenvalue weighted by Gasteiger charge is 2.16. The summed E-state index contributed by atoms with van der Waals surface area (Å²) in [5, 5.41) is 0. The van der Waals surface area contributed by atoms with E-state index in [1.165, 1.54) is 6.07 Å². The third-order valence-electron chi connectivity index (χ3n) is 4.02. The quantitative estimate of drug-likeness (QED) is 0.607. The summed E-state index contributed by atoms with van der Waals surface area (Å²) in [5.74, 6) is 0.182. The van der Waals surface area contributed by atoms with Crippen LogP contribution in [0.5, 0.6) is 0 Å². The maximum Gasteiger partial charge on any atom is 0.261 e. The molecule has 1 aromatic heterocycles. The Morgan fingerprint density at radius 2 is 1.62 bits per heavy atom. The molecule has 3 aromatic rings. The van der Waals surface area contributed by atoms with Gasteiger partial charge in [-0.05, 0) is 60.9 Å². The normalized spacial score (nSPS) is 11.3. The highest BCUT2D eigenvalue weighted by Crippen LogP contribution is 2.27. The molecule has 1 heterocycles. The first-order valence-electron chi connectivity index (χ1n) is 7.84. The largest absolute Gasteiger partial charge is 0.399 e. The average molecular weight is 369 g/mol. The molecule has 0 unspecified atom stereocenters. The molecule has 0 fully saturated rings. The fraction of sp³-hybridized carbons (Fsp3) is 0.111. The van der Waals surface area contributed by atoms with Crippen LogP contribution in [0.15, 0.2) is 53.7 Å². The van der Waals surface area contributed by atoms with Gasteiger partial charge in [-0.15, -0.1) is 0 Å². The van der Waals surface area contributed by atoms with Gasteiger partial charge in [0.05, 0.1) is 4.90 Å². The van der Waals surface area contributed by atoms with Crippen LogP contribution in [0.1, 0.15) is 11.1 Å². The molecule has 134 valence electrons. The van der Waals surface area contributed by atoms with Crippen LogP contribution in [0, 0.1) is 13.8 Å². The molecule has 8 heteroatoms. The lowest BCUT2D eigenvalue weighted by atomic mass is 10.0. The summed E-state index contributed by atoms with van der Waals surface area (Å²) in [4.78, 5) is 8.12. The van der Waals surface area contributed by atoms with Gasteiger partial charge in [0, 0.05) is 29.3 Å². The Labute approximate surface area is 152 Å². The maximum absolute atomic E-state index is 12.6. The van der Waals surface area contributed by atoms with Crippen molar-refractivity contribution in [3.05, 3.63) is 59.9 Å². The molecule has 2 aromatic carbocycles. The number of nitrogens with zero attached hydrogens (tertiary/aromatic N) is 2. The fourth-order valence-electron chi connectivity index (χ4n) is 2.50. The lowest BCUT2D eigenvalue weighted by molar-refractivity contribution is 0.601. The summed E-state index contributed by atoms with van der Waals surface area (Å²) in [7, 11) is -3.73. The van der Waals surface area contributed by atoms with Crippen molar-refractivity contribution in [3.63, 3.8) is 0 Å². The van der Waals surface area contributed by atoms with E-state index in [-0.39, 0.29) is 10.8 Å². The third-order valence-corrected chi connectivity index (χ3v) is 5.40. The first-order chi connectivity index (χ1) is 12.3. The van der Waals surface area contributed by atoms with Gasteiger partial charge >= 0.3 is 0 Å². The van der Waals surface area contributed by atoms with Crippen LogP contribution in [0.3, 0.4) is 0 Å². The van der Waals surface area contributed by atoms with Gasteiger partial charge in [0.1, 0.15) is 0 Å². The number of hydrogen-bond acceptors (Lipinski definition) is 6. The van der Waals surface area contributed by atoms with E-state index in [2.05, 4.69) is 14.7 Å². The highest BCUT2D eigenvalue weighted by atomic mass is 32.2. The van der Waals surface area contributed by atoms with Crippen molar-refractivity contribution in [2.75, 3.05) is 16.2 Å². The summed E-state index contributed by atoms with van der Waals surface area (Å²) < 4.78 is 27.9. The van der Waals surface area contributed by atoms with Gasteiger partial charge in [-0.25, -0.2) is 18.4 Å². The van der Waals surface area contributed by atoms with Gasteiger partial charge in [0.15, 0.2) is 0 Å². The molecule has 0 aliphatic rings. The van der Waals surface area contributed by atoms with Crippen molar-refractivity contribution in [3.8, 4) is 11.1 Å². The minimum absolute atomic E-state index is 0.155. The smallest absolute Gasteiger partial charge is 0.261 e. The first kappa shape index (κ1) is 17.7. The summed E-state index contributed by atoms with van der Waals surface area (Å²) >= 11 is 0. The van der Waals surface area contributed by atoms with Crippen LogP contribution in [0.2, 0.25) is 0 Å². The Hall–Kier alpha value is -3.13. The monoisotopic (exact) mass is 369 g/mol. The van der Waals surface area contributed by atoms with Crippen molar-refractivity contribution in [1.82, 2.24) is 9.97 Å². The predicted molar refractivity (Wildman–Crippen MR) is 103 cm³/mol. The second kappa shape index (κ2) is 6.64. The molecular formula is C18H19N5O2S. The van der Waals surface area contributed by atoms with Crippen LogP contribution >= 0.6 is 0 Å². The van der Waals surface area contributed by atoms with E-state index >= 15 is 0 Å². The number of aromatic nitrogens is 2. The fourth-order valence-corrected chi connectivity index (χ4v) is 3.64. The third kappa shape index (κ3) is 3.60. The second-order valence-corrected chi connectivity index (χ2v) is 7.67. The topological polar surface area (TPSA) is 124 Å². The van der Waals surface area contributed by atoms with E-state index in [9.17, 15) is 8.42 Å². The zero-order valence-corrected chi connectivity index (χ0v) is 15.2. The molecule has 0 saturated heterocycles. The van der Waals surface area contributed by atoms with Crippen molar-refractivity contribution >= 4 is 27.3 Å². The van der Waals surface area contributed by atoms with Gasteiger partial charge in [0.25, 0.3) is 10.0 Å². The van der Waals surface area contributed by atoms with E-state index in [0.717, 1.165) is 16.7 Å². The zero-order chi connectivity index (χ0) is 18.9. The molecule has 3 rings (SSSR count). The number of benzene rings is 2. The molecule has 0 atom stereocenters. The number of aryl methyl sites for hydroxylation is 2. The first-order valence-corrected chi connectivity index (χ1v) is 9.32. The maximum atomic E-state index is 12.6. The summed E-state index contributed by atoms with van der Waals surface area (Å²) in [6.45, 7) is 3.69. The Balaban J connectivity index is 1.96. The number of sulfonamides is 1. The molecule has 0 aliphatic heterocycles. The second-order valence-electron chi connectivity index (χ2n) is 5.98. The van der Waals surface area contributed by atoms with E-state index in [1.807, 2.05) is 13.0 Å². The number of nitrogens with two attached hydrogens (primary N) is 2. The van der Waals surface area contributed by atoms with Crippen molar-refractivity contribution in [2.24, 2.45) is 0 Å². The summed E-state index contributed by atoms with van der Waals surface area (Å²) in [6.07, 6.45) is 3.21. The molecule has 0 saturated carbocycles. The Morgan fingerprint density at radius 3 is 2.27 bits per heavy atom. The van der Waals surface area contributed by atoms with Gasteiger partial charge in [-0.2, -0.15) is 0 Å². The van der Waals surface area contributed by atoms with Gasteiger partial charge < -0.3 is 11.5 Å². The molecule has 0 aliphatic carbocycles. The van der Waals surface area contributed by atoms with Crippen LogP contribution in [-0.2, 0) is 10.0 Å². The van der Waals surface area contributed by atoms with Crippen LogP contribution in [0.25, 0.3) is 11.1 Å². The number of nitrogens with one attached hydrogen (secondary N) is 1. The zero-order valence-electron chi connectivity index (χ0n) is 14.4. The number of nitrogen functional groups attached to an aromatic ring is 2. The van der Waals surface area contributed by atoms with Crippen molar-refractivity contribution < 1.29 is 8.42 Å². The predicted octanol–water partition coefficient (Wildman–Crippen LogP) is 2.73. The van der Waals surface area contributed by atoms with Gasteiger partial charge in [-0.3, -0.25) is 4.72 Å². The molecule has 0 bridgehead atoms. The van der Waals surface area contributed by atoms with Crippen LogP contribution in [0.4, 0.5) is 17.3 Å². The lowest BCUT2D eigenvalue weighted by Gasteiger charge is -2.12. The minimum Gasteiger partial charge on any atom is -0.399 e. The molecular weight excluding hydrogens is 350 g/mol. The number of hydrogen-bond donors (Lipinski definition) is 3. The molecule has 26 heavy (non-hydrogen) atoms. The van der Waals surface area contributed by atoms with Crippen molar-refractivity contribution in [1.29, 1.82) is 0 Å². The molecule has 7 nitrogen and oxygen atoms in total. The molecule has 5 N–H and O–H groups in total. The minimum atomic E-state index is -3.73. The molecule has 0 spiro atoms. The Bertz CT molecular complexity index is 1060. The lowest BCUT2D eigenvalue weighted by Crippen LogP contribution is -2.13. The Morgan fingerprint density at radius 1 is 0.923 bits per heavy atom. The van der Waals surface area contributed by atoms with Gasteiger partial charge in [0.2, 0.25) is 5.95 Å².